The molecule has 7 nitrogen and oxygen atoms in total. The van der Waals surface area contributed by atoms with Crippen molar-refractivity contribution in [2.75, 3.05) is 5.32 Å². The maximum absolute atomic E-state index is 14.8. The van der Waals surface area contributed by atoms with Crippen molar-refractivity contribution in [1.82, 2.24) is 14.3 Å². The minimum Gasteiger partial charge on any atom is -0.343 e. The Hall–Kier alpha value is -2.47. The normalized spacial score (nSPS) is 17.6. The first-order valence-electron chi connectivity index (χ1n) is 8.44. The molecular weight excluding hydrogens is 416 g/mol. The summed E-state index contributed by atoms with van der Waals surface area (Å²) in [7, 11) is -3.30. The smallest absolute Gasteiger partial charge is 0.275 e. The number of pyridine rings is 1. The van der Waals surface area contributed by atoms with E-state index in [1.54, 1.807) is 0 Å². The van der Waals surface area contributed by atoms with Crippen LogP contribution in [0.25, 0.3) is 0 Å². The number of carbonyl (C=O) groups excluding carboxylic acids is 1. The fourth-order valence-corrected chi connectivity index (χ4v) is 4.92. The molecule has 0 spiro atoms. The van der Waals surface area contributed by atoms with Gasteiger partial charge in [0.1, 0.15) is 10.6 Å². The molecule has 0 aromatic carbocycles. The number of amides is 1. The number of anilines is 1. The lowest BCUT2D eigenvalue weighted by atomic mass is 9.76. The lowest BCUT2D eigenvalue weighted by molar-refractivity contribution is -0.121. The lowest BCUT2D eigenvalue weighted by Gasteiger charge is -2.44. The lowest BCUT2D eigenvalue weighted by Crippen LogP contribution is -2.60. The highest BCUT2D eigenvalue weighted by molar-refractivity contribution is 7.89. The molecule has 3 rings (SSSR count). The van der Waals surface area contributed by atoms with Crippen molar-refractivity contribution in [1.29, 1.82) is 0 Å². The number of halogens is 4. The average Bonchev–Trinajstić information content (AvgIpc) is 2.84. The fraction of sp³-hybridized carbons (Fsp3) is 0.412. The molecule has 0 aliphatic heterocycles. The Bertz CT molecular complexity index is 1090. The van der Waals surface area contributed by atoms with Gasteiger partial charge in [-0.25, -0.2) is 30.7 Å². The summed E-state index contributed by atoms with van der Waals surface area (Å²) >= 11 is 0. The van der Waals surface area contributed by atoms with Gasteiger partial charge in [0.05, 0.1) is 11.4 Å². The molecule has 1 aliphatic rings. The molecule has 1 aliphatic carbocycles. The monoisotopic (exact) mass is 434 g/mol. The van der Waals surface area contributed by atoms with E-state index in [0.717, 1.165) is 16.8 Å². The van der Waals surface area contributed by atoms with Gasteiger partial charge in [0, 0.05) is 37.8 Å². The number of alkyl halides is 2. The summed E-state index contributed by atoms with van der Waals surface area (Å²) in [4.78, 5) is 15.3. The van der Waals surface area contributed by atoms with E-state index in [-0.39, 0.29) is 11.4 Å². The number of aromatic nitrogens is 2. The Morgan fingerprint density at radius 1 is 1.24 bits per heavy atom. The summed E-state index contributed by atoms with van der Waals surface area (Å²) in [5, 5.41) is 2.17. The summed E-state index contributed by atoms with van der Waals surface area (Å²) in [5.41, 5.74) is -2.34. The molecule has 12 heteroatoms. The third-order valence-corrected chi connectivity index (χ3v) is 6.21. The van der Waals surface area contributed by atoms with Crippen molar-refractivity contribution in [2.45, 2.75) is 43.0 Å². The van der Waals surface area contributed by atoms with E-state index in [4.69, 9.17) is 0 Å². The Kier molecular flexibility index (Phi) is 4.98. The molecular formula is C17H18F4N4O3S. The topological polar surface area (TPSA) is 93.1 Å². The average molecular weight is 434 g/mol. The van der Waals surface area contributed by atoms with Crippen LogP contribution in [-0.4, -0.2) is 35.3 Å². The maximum Gasteiger partial charge on any atom is 0.275 e. The number of sulfonamides is 1. The van der Waals surface area contributed by atoms with Crippen LogP contribution in [0.2, 0.25) is 0 Å². The minimum absolute atomic E-state index is 0.00756. The van der Waals surface area contributed by atoms with E-state index in [2.05, 4.69) is 15.0 Å². The molecule has 1 saturated carbocycles. The molecule has 2 aromatic rings. The van der Waals surface area contributed by atoms with Gasteiger partial charge in [0.15, 0.2) is 11.6 Å². The van der Waals surface area contributed by atoms with Gasteiger partial charge in [-0.2, -0.15) is 0 Å². The highest BCUT2D eigenvalue weighted by Crippen LogP contribution is 2.46. The third kappa shape index (κ3) is 3.99. The van der Waals surface area contributed by atoms with E-state index in [9.17, 15) is 30.8 Å². The van der Waals surface area contributed by atoms with Crippen molar-refractivity contribution in [3.8, 4) is 0 Å². The molecule has 1 fully saturated rings. The Balaban J connectivity index is 1.88. The van der Waals surface area contributed by atoms with Crippen molar-refractivity contribution in [3.05, 3.63) is 41.5 Å². The number of nitrogens with zero attached hydrogens (tertiary/aromatic N) is 2. The summed E-state index contributed by atoms with van der Waals surface area (Å²) in [6, 6.07) is 1.16. The zero-order chi connectivity index (χ0) is 21.8. The first kappa shape index (κ1) is 21.2. The molecule has 0 bridgehead atoms. The van der Waals surface area contributed by atoms with Crippen molar-refractivity contribution in [3.63, 3.8) is 0 Å². The van der Waals surface area contributed by atoms with Crippen LogP contribution in [0.4, 0.5) is 23.2 Å². The first-order valence-corrected chi connectivity index (χ1v) is 9.92. The van der Waals surface area contributed by atoms with Gasteiger partial charge >= 0.3 is 0 Å². The molecule has 2 N–H and O–H groups in total. The summed E-state index contributed by atoms with van der Waals surface area (Å²) < 4.78 is 83.1. The van der Waals surface area contributed by atoms with Gasteiger partial charge in [0.25, 0.3) is 11.8 Å². The first-order chi connectivity index (χ1) is 13.2. The van der Waals surface area contributed by atoms with Crippen LogP contribution in [0.3, 0.4) is 0 Å². The van der Waals surface area contributed by atoms with Crippen LogP contribution in [0.5, 0.6) is 0 Å². The minimum atomic E-state index is -4.53. The second kappa shape index (κ2) is 6.80. The second-order valence-electron chi connectivity index (χ2n) is 7.35. The molecule has 29 heavy (non-hydrogen) atoms. The third-order valence-electron chi connectivity index (χ3n) is 4.58. The molecule has 2 aromatic heterocycles. The zero-order valence-corrected chi connectivity index (χ0v) is 16.5. The number of aryl methyl sites for hydroxylation is 2. The van der Waals surface area contributed by atoms with Gasteiger partial charge in [-0.05, 0) is 19.9 Å². The summed E-state index contributed by atoms with van der Waals surface area (Å²) in [6.45, 7) is 2.65. The van der Waals surface area contributed by atoms with Gasteiger partial charge in [-0.1, -0.05) is 0 Å². The standard InChI is InChI=1S/C17H18F4N4O3S/c1-9-12(18)10(4-5-22-9)23-15(26)14-13(19)11(6-25(14)3)29(27,28)24-16(2)7-17(20,21)8-16/h4-6,24H,7-8H2,1-3H3,(H,22,23,26). The van der Waals surface area contributed by atoms with Gasteiger partial charge < -0.3 is 9.88 Å². The molecule has 2 heterocycles. The highest BCUT2D eigenvalue weighted by atomic mass is 32.2. The van der Waals surface area contributed by atoms with Gasteiger partial charge in [-0.15, -0.1) is 0 Å². The van der Waals surface area contributed by atoms with E-state index >= 15 is 0 Å². The molecule has 1 amide bonds. The van der Waals surface area contributed by atoms with E-state index in [1.165, 1.54) is 27.1 Å². The molecule has 0 atom stereocenters. The Labute approximate surface area is 164 Å². The number of hydrogen-bond donors (Lipinski definition) is 2. The van der Waals surface area contributed by atoms with Crippen molar-refractivity contribution in [2.24, 2.45) is 7.05 Å². The summed E-state index contributed by atoms with van der Waals surface area (Å²) in [6.07, 6.45) is 0.647. The van der Waals surface area contributed by atoms with Crippen LogP contribution in [0, 0.1) is 18.6 Å². The van der Waals surface area contributed by atoms with Gasteiger partial charge in [-0.3, -0.25) is 9.78 Å². The molecule has 0 unspecified atom stereocenters. The zero-order valence-electron chi connectivity index (χ0n) is 15.7. The number of carbonyl (C=O) groups is 1. The predicted octanol–water partition coefficient (Wildman–Crippen LogP) is 2.73. The fourth-order valence-electron chi connectivity index (χ4n) is 3.38. The number of nitrogens with one attached hydrogen (secondary N) is 2. The number of rotatable bonds is 5. The van der Waals surface area contributed by atoms with Crippen LogP contribution in [-0.2, 0) is 17.1 Å². The van der Waals surface area contributed by atoms with E-state index in [0.29, 0.717) is 0 Å². The van der Waals surface area contributed by atoms with Crippen molar-refractivity contribution < 1.29 is 30.8 Å². The maximum atomic E-state index is 14.8. The van der Waals surface area contributed by atoms with Crippen molar-refractivity contribution >= 4 is 21.6 Å². The molecule has 158 valence electrons. The van der Waals surface area contributed by atoms with Crippen LogP contribution >= 0.6 is 0 Å². The number of hydrogen-bond acceptors (Lipinski definition) is 4. The van der Waals surface area contributed by atoms with Crippen LogP contribution < -0.4 is 10.0 Å². The van der Waals surface area contributed by atoms with Crippen LogP contribution in [0.1, 0.15) is 35.9 Å². The molecule has 0 saturated heterocycles. The highest BCUT2D eigenvalue weighted by Gasteiger charge is 2.55. The predicted molar refractivity (Wildman–Crippen MR) is 95.2 cm³/mol. The Morgan fingerprint density at radius 3 is 2.45 bits per heavy atom. The van der Waals surface area contributed by atoms with E-state index in [1.807, 2.05) is 0 Å². The summed E-state index contributed by atoms with van der Waals surface area (Å²) in [5.74, 6) is -6.27. The quantitative estimate of drug-likeness (QED) is 0.708. The molecule has 0 radical (unpaired) electrons. The second-order valence-corrected chi connectivity index (χ2v) is 9.01. The largest absolute Gasteiger partial charge is 0.343 e. The van der Waals surface area contributed by atoms with E-state index < -0.39 is 62.5 Å². The Morgan fingerprint density at radius 2 is 1.86 bits per heavy atom. The van der Waals surface area contributed by atoms with Gasteiger partial charge in [0.2, 0.25) is 10.0 Å². The van der Waals surface area contributed by atoms with Crippen LogP contribution in [0.15, 0.2) is 23.4 Å². The SMILES string of the molecule is Cc1nccc(NC(=O)c2c(F)c(S(=O)(=O)NC3(C)CC(F)(F)C3)cn2C)c1F.